The Balaban J connectivity index is 1.93. The summed E-state index contributed by atoms with van der Waals surface area (Å²) in [6.45, 7) is 4.41. The number of benzene rings is 1. The summed E-state index contributed by atoms with van der Waals surface area (Å²) in [6, 6.07) is 8.49. The minimum absolute atomic E-state index is 0.230. The summed E-state index contributed by atoms with van der Waals surface area (Å²) in [6.07, 6.45) is 7.31. The lowest BCUT2D eigenvalue weighted by Gasteiger charge is -2.30. The number of thiocarbonyl (C=S) groups is 1. The lowest BCUT2D eigenvalue weighted by atomic mass is 9.95. The molecule has 2 rings (SSSR count). The molecule has 0 radical (unpaired) electrons. The standard InChI is InChI=1S/C16H24N2S/c1-3-13-7-9-14(10-8-13)17-15(19)18-16(4-2)11-5-6-12-16/h7-10H,3-6,11-12H2,1-2H3,(H2,17,18,19). The zero-order valence-corrected chi connectivity index (χ0v) is 12.8. The summed E-state index contributed by atoms with van der Waals surface area (Å²) >= 11 is 5.45. The van der Waals surface area contributed by atoms with Crippen molar-refractivity contribution in [2.24, 2.45) is 0 Å². The van der Waals surface area contributed by atoms with Crippen LogP contribution in [0.1, 0.15) is 51.5 Å². The van der Waals surface area contributed by atoms with Crippen molar-refractivity contribution in [1.82, 2.24) is 5.32 Å². The Morgan fingerprint density at radius 1 is 1.16 bits per heavy atom. The lowest BCUT2D eigenvalue weighted by molar-refractivity contribution is 0.378. The molecule has 0 unspecified atom stereocenters. The van der Waals surface area contributed by atoms with Crippen molar-refractivity contribution in [1.29, 1.82) is 0 Å². The Labute approximate surface area is 122 Å². The smallest absolute Gasteiger partial charge is 0.171 e. The van der Waals surface area contributed by atoms with Crippen LogP contribution in [-0.2, 0) is 6.42 Å². The number of hydrogen-bond donors (Lipinski definition) is 2. The fourth-order valence-electron chi connectivity index (χ4n) is 2.85. The molecular weight excluding hydrogens is 252 g/mol. The molecule has 0 atom stereocenters. The van der Waals surface area contributed by atoms with Crippen LogP contribution in [0.3, 0.4) is 0 Å². The van der Waals surface area contributed by atoms with Gasteiger partial charge in [-0.15, -0.1) is 0 Å². The van der Waals surface area contributed by atoms with E-state index in [0.717, 1.165) is 23.6 Å². The maximum Gasteiger partial charge on any atom is 0.171 e. The van der Waals surface area contributed by atoms with E-state index in [0.29, 0.717) is 0 Å². The van der Waals surface area contributed by atoms with Gasteiger partial charge >= 0.3 is 0 Å². The third-order valence-corrected chi connectivity index (χ3v) is 4.44. The average Bonchev–Trinajstić information content (AvgIpc) is 2.88. The van der Waals surface area contributed by atoms with Crippen LogP contribution < -0.4 is 10.6 Å². The number of nitrogens with one attached hydrogen (secondary N) is 2. The Bertz CT molecular complexity index is 419. The van der Waals surface area contributed by atoms with E-state index >= 15 is 0 Å². The van der Waals surface area contributed by atoms with Gasteiger partial charge in [0.1, 0.15) is 0 Å². The highest BCUT2D eigenvalue weighted by molar-refractivity contribution is 7.80. The first-order valence-electron chi connectivity index (χ1n) is 7.35. The molecule has 0 heterocycles. The molecular formula is C16H24N2S. The van der Waals surface area contributed by atoms with Gasteiger partial charge in [0.05, 0.1) is 0 Å². The number of hydrogen-bond acceptors (Lipinski definition) is 1. The van der Waals surface area contributed by atoms with Crippen molar-refractivity contribution in [3.05, 3.63) is 29.8 Å². The van der Waals surface area contributed by atoms with Crippen LogP contribution in [0.2, 0.25) is 0 Å². The monoisotopic (exact) mass is 276 g/mol. The van der Waals surface area contributed by atoms with E-state index in [-0.39, 0.29) is 5.54 Å². The Morgan fingerprint density at radius 3 is 2.32 bits per heavy atom. The molecule has 0 aromatic heterocycles. The molecule has 1 aromatic carbocycles. The van der Waals surface area contributed by atoms with E-state index in [1.807, 2.05) is 0 Å². The van der Waals surface area contributed by atoms with Crippen LogP contribution in [0.4, 0.5) is 5.69 Å². The van der Waals surface area contributed by atoms with Crippen LogP contribution in [-0.4, -0.2) is 10.7 Å². The fraction of sp³-hybridized carbons (Fsp3) is 0.562. The van der Waals surface area contributed by atoms with Gasteiger partial charge in [-0.3, -0.25) is 0 Å². The van der Waals surface area contributed by atoms with Gasteiger partial charge in [-0.05, 0) is 55.6 Å². The van der Waals surface area contributed by atoms with Crippen LogP contribution in [0.5, 0.6) is 0 Å². The van der Waals surface area contributed by atoms with Gasteiger partial charge in [0.2, 0.25) is 0 Å². The van der Waals surface area contributed by atoms with Gasteiger partial charge < -0.3 is 10.6 Å². The number of aryl methyl sites for hydroxylation is 1. The first-order valence-corrected chi connectivity index (χ1v) is 7.76. The lowest BCUT2D eigenvalue weighted by Crippen LogP contribution is -2.47. The van der Waals surface area contributed by atoms with Crippen molar-refractivity contribution >= 4 is 23.0 Å². The van der Waals surface area contributed by atoms with Crippen molar-refractivity contribution in [3.8, 4) is 0 Å². The van der Waals surface area contributed by atoms with E-state index in [4.69, 9.17) is 12.2 Å². The summed E-state index contributed by atoms with van der Waals surface area (Å²) < 4.78 is 0. The SMILES string of the molecule is CCc1ccc(NC(=S)NC2(CC)CCCC2)cc1. The Kier molecular flexibility index (Phi) is 4.81. The van der Waals surface area contributed by atoms with Gasteiger partial charge in [0.15, 0.2) is 5.11 Å². The number of rotatable bonds is 4. The van der Waals surface area contributed by atoms with Gasteiger partial charge in [-0.25, -0.2) is 0 Å². The third kappa shape index (κ3) is 3.69. The zero-order valence-electron chi connectivity index (χ0n) is 12.0. The highest BCUT2D eigenvalue weighted by atomic mass is 32.1. The summed E-state index contributed by atoms with van der Waals surface area (Å²) in [4.78, 5) is 0. The van der Waals surface area contributed by atoms with Gasteiger partial charge in [0.25, 0.3) is 0 Å². The maximum atomic E-state index is 5.45. The van der Waals surface area contributed by atoms with E-state index in [9.17, 15) is 0 Å². The largest absolute Gasteiger partial charge is 0.357 e. The molecule has 0 bridgehead atoms. The molecule has 0 aliphatic heterocycles. The van der Waals surface area contributed by atoms with E-state index in [1.165, 1.54) is 31.2 Å². The van der Waals surface area contributed by atoms with Crippen LogP contribution >= 0.6 is 12.2 Å². The molecule has 19 heavy (non-hydrogen) atoms. The molecule has 0 saturated heterocycles. The average molecular weight is 276 g/mol. The van der Waals surface area contributed by atoms with Crippen LogP contribution in [0.25, 0.3) is 0 Å². The first-order chi connectivity index (χ1) is 9.17. The normalized spacial score (nSPS) is 17.2. The van der Waals surface area contributed by atoms with Gasteiger partial charge in [-0.2, -0.15) is 0 Å². The minimum Gasteiger partial charge on any atom is -0.357 e. The van der Waals surface area contributed by atoms with Crippen molar-refractivity contribution in [3.63, 3.8) is 0 Å². The topological polar surface area (TPSA) is 24.1 Å². The second-order valence-corrected chi connectivity index (χ2v) is 5.88. The predicted molar refractivity (Wildman–Crippen MR) is 86.7 cm³/mol. The Morgan fingerprint density at radius 2 is 1.79 bits per heavy atom. The molecule has 1 aliphatic carbocycles. The van der Waals surface area contributed by atoms with Gasteiger partial charge in [0, 0.05) is 11.2 Å². The minimum atomic E-state index is 0.230. The molecule has 1 fully saturated rings. The maximum absolute atomic E-state index is 5.45. The third-order valence-electron chi connectivity index (χ3n) is 4.24. The summed E-state index contributed by atoms with van der Waals surface area (Å²) in [7, 11) is 0. The van der Waals surface area contributed by atoms with Gasteiger partial charge in [-0.1, -0.05) is 38.8 Å². The second kappa shape index (κ2) is 6.38. The highest BCUT2D eigenvalue weighted by Crippen LogP contribution is 2.32. The van der Waals surface area contributed by atoms with Crippen LogP contribution in [0, 0.1) is 0 Å². The molecule has 0 amide bonds. The van der Waals surface area contributed by atoms with Crippen molar-refractivity contribution < 1.29 is 0 Å². The first kappa shape index (κ1) is 14.3. The van der Waals surface area contributed by atoms with Crippen molar-refractivity contribution in [2.45, 2.75) is 57.9 Å². The Hall–Kier alpha value is -1.09. The zero-order chi connectivity index (χ0) is 13.7. The molecule has 3 heteroatoms. The van der Waals surface area contributed by atoms with Crippen molar-refractivity contribution in [2.75, 3.05) is 5.32 Å². The number of anilines is 1. The second-order valence-electron chi connectivity index (χ2n) is 5.47. The van der Waals surface area contributed by atoms with Crippen LogP contribution in [0.15, 0.2) is 24.3 Å². The molecule has 2 nitrogen and oxygen atoms in total. The molecule has 104 valence electrons. The summed E-state index contributed by atoms with van der Waals surface area (Å²) in [5.74, 6) is 0. The molecule has 0 spiro atoms. The molecule has 1 aromatic rings. The van der Waals surface area contributed by atoms with E-state index in [2.05, 4.69) is 48.7 Å². The predicted octanol–water partition coefficient (Wildman–Crippen LogP) is 4.26. The molecule has 1 saturated carbocycles. The summed E-state index contributed by atoms with van der Waals surface area (Å²) in [5.41, 5.74) is 2.65. The molecule has 1 aliphatic rings. The van der Waals surface area contributed by atoms with E-state index in [1.54, 1.807) is 0 Å². The fourth-order valence-corrected chi connectivity index (χ4v) is 3.18. The summed E-state index contributed by atoms with van der Waals surface area (Å²) in [5, 5.41) is 7.60. The highest BCUT2D eigenvalue weighted by Gasteiger charge is 2.32. The molecule has 2 N–H and O–H groups in total. The quantitative estimate of drug-likeness (QED) is 0.804. The van der Waals surface area contributed by atoms with E-state index < -0.39 is 0 Å².